The van der Waals surface area contributed by atoms with Gasteiger partial charge in [-0.3, -0.25) is 0 Å². The van der Waals surface area contributed by atoms with Crippen LogP contribution >= 0.6 is 0 Å². The zero-order chi connectivity index (χ0) is 14.5. The number of hydrogen-bond acceptors (Lipinski definition) is 2. The Kier molecular flexibility index (Phi) is 4.57. The van der Waals surface area contributed by atoms with Crippen molar-refractivity contribution in [2.75, 3.05) is 0 Å². The highest BCUT2D eigenvalue weighted by Crippen LogP contribution is 2.20. The number of hydrogen-bond donors (Lipinski definition) is 0. The van der Waals surface area contributed by atoms with Gasteiger partial charge in [-0.15, -0.1) is 0 Å². The zero-order valence-corrected chi connectivity index (χ0v) is 12.3. The normalized spacial score (nSPS) is 10.3. The predicted octanol–water partition coefficient (Wildman–Crippen LogP) is 4.48. The summed E-state index contributed by atoms with van der Waals surface area (Å²) in [5.41, 5.74) is 3.97. The van der Waals surface area contributed by atoms with Gasteiger partial charge in [0, 0.05) is 0 Å². The molecule has 2 nitrogen and oxygen atoms in total. The van der Waals surface area contributed by atoms with Crippen LogP contribution in [0.4, 0.5) is 0 Å². The van der Waals surface area contributed by atoms with E-state index in [1.54, 1.807) is 0 Å². The van der Waals surface area contributed by atoms with E-state index in [-0.39, 0.29) is 5.97 Å². The number of esters is 1. The van der Waals surface area contributed by atoms with Crippen LogP contribution in [0.1, 0.15) is 40.4 Å². The summed E-state index contributed by atoms with van der Waals surface area (Å²) in [4.78, 5) is 12.1. The van der Waals surface area contributed by atoms with Gasteiger partial charge >= 0.3 is 5.97 Å². The first kappa shape index (κ1) is 14.3. The largest absolute Gasteiger partial charge is 0.423 e. The van der Waals surface area contributed by atoms with Crippen molar-refractivity contribution in [1.82, 2.24) is 0 Å². The molecule has 0 heterocycles. The lowest BCUT2D eigenvalue weighted by atomic mass is 10.1. The minimum atomic E-state index is -0.306. The fraction of sp³-hybridized carbons (Fsp3) is 0.278. The van der Waals surface area contributed by atoms with E-state index in [1.165, 1.54) is 5.56 Å². The van der Waals surface area contributed by atoms with Gasteiger partial charge in [-0.05, 0) is 49.6 Å². The van der Waals surface area contributed by atoms with Crippen molar-refractivity contribution in [3.8, 4) is 5.75 Å². The first-order chi connectivity index (χ1) is 9.60. The summed E-state index contributed by atoms with van der Waals surface area (Å²) in [6, 6.07) is 13.4. The number of benzene rings is 2. The van der Waals surface area contributed by atoms with Crippen LogP contribution in [0.5, 0.6) is 5.75 Å². The third-order valence-electron chi connectivity index (χ3n) is 3.26. The maximum atomic E-state index is 12.1. The van der Waals surface area contributed by atoms with Crippen LogP contribution < -0.4 is 4.74 Å². The van der Waals surface area contributed by atoms with Crippen LogP contribution in [-0.2, 0) is 6.42 Å². The molecule has 2 aromatic carbocycles. The van der Waals surface area contributed by atoms with Crippen LogP contribution in [0.3, 0.4) is 0 Å². The highest BCUT2D eigenvalue weighted by molar-refractivity contribution is 5.91. The molecular weight excluding hydrogens is 248 g/mol. The molecule has 0 aromatic heterocycles. The molecule has 0 atom stereocenters. The maximum absolute atomic E-state index is 12.1. The van der Waals surface area contributed by atoms with Crippen molar-refractivity contribution in [3.05, 3.63) is 64.7 Å². The van der Waals surface area contributed by atoms with E-state index in [0.717, 1.165) is 24.0 Å². The number of aryl methyl sites for hydroxylation is 3. The molecule has 104 valence electrons. The SMILES string of the molecule is CCCc1ccc(C(=O)Oc2ccc(C)cc2C)cc1. The Bertz CT molecular complexity index is 597. The van der Waals surface area contributed by atoms with Crippen molar-refractivity contribution in [1.29, 1.82) is 0 Å². The summed E-state index contributed by atoms with van der Waals surface area (Å²) in [5.74, 6) is 0.318. The van der Waals surface area contributed by atoms with E-state index in [9.17, 15) is 4.79 Å². The van der Waals surface area contributed by atoms with Crippen LogP contribution in [0.2, 0.25) is 0 Å². The molecule has 20 heavy (non-hydrogen) atoms. The van der Waals surface area contributed by atoms with Gasteiger partial charge in [0.15, 0.2) is 0 Å². The molecule has 0 saturated carbocycles. The third kappa shape index (κ3) is 3.47. The summed E-state index contributed by atoms with van der Waals surface area (Å²) < 4.78 is 5.45. The van der Waals surface area contributed by atoms with Gasteiger partial charge in [0.1, 0.15) is 5.75 Å². The molecular formula is C18H20O2. The Morgan fingerprint density at radius 2 is 1.75 bits per heavy atom. The molecule has 0 saturated heterocycles. The zero-order valence-electron chi connectivity index (χ0n) is 12.3. The first-order valence-electron chi connectivity index (χ1n) is 6.98. The molecule has 0 aliphatic carbocycles. The fourth-order valence-electron chi connectivity index (χ4n) is 2.17. The molecule has 0 aliphatic heterocycles. The third-order valence-corrected chi connectivity index (χ3v) is 3.26. The van der Waals surface area contributed by atoms with Crippen LogP contribution in [0.15, 0.2) is 42.5 Å². The molecule has 0 aliphatic rings. The number of ether oxygens (including phenoxy) is 1. The van der Waals surface area contributed by atoms with Crippen molar-refractivity contribution in [2.45, 2.75) is 33.6 Å². The van der Waals surface area contributed by atoms with Crippen molar-refractivity contribution in [2.24, 2.45) is 0 Å². The highest BCUT2D eigenvalue weighted by Gasteiger charge is 2.10. The summed E-state index contributed by atoms with van der Waals surface area (Å²) in [5, 5.41) is 0. The first-order valence-corrected chi connectivity index (χ1v) is 6.98. The topological polar surface area (TPSA) is 26.3 Å². The van der Waals surface area contributed by atoms with Crippen molar-refractivity contribution < 1.29 is 9.53 Å². The van der Waals surface area contributed by atoms with E-state index in [1.807, 2.05) is 56.3 Å². The second-order valence-electron chi connectivity index (χ2n) is 5.11. The van der Waals surface area contributed by atoms with E-state index in [2.05, 4.69) is 6.92 Å². The molecule has 2 heteroatoms. The Morgan fingerprint density at radius 1 is 1.05 bits per heavy atom. The van der Waals surface area contributed by atoms with Gasteiger partial charge < -0.3 is 4.74 Å². The van der Waals surface area contributed by atoms with Gasteiger partial charge in [-0.25, -0.2) is 4.79 Å². The molecule has 0 unspecified atom stereocenters. The smallest absolute Gasteiger partial charge is 0.343 e. The fourth-order valence-corrected chi connectivity index (χ4v) is 2.17. The van der Waals surface area contributed by atoms with Gasteiger partial charge in [0.05, 0.1) is 5.56 Å². The molecule has 0 amide bonds. The monoisotopic (exact) mass is 268 g/mol. The Labute approximate surface area is 120 Å². The molecule has 0 N–H and O–H groups in total. The molecule has 0 bridgehead atoms. The second-order valence-corrected chi connectivity index (χ2v) is 5.11. The Balaban J connectivity index is 2.11. The lowest BCUT2D eigenvalue weighted by molar-refractivity contribution is 0.0733. The minimum absolute atomic E-state index is 0.306. The molecule has 0 radical (unpaired) electrons. The summed E-state index contributed by atoms with van der Waals surface area (Å²) in [6.07, 6.45) is 2.14. The van der Waals surface area contributed by atoms with Crippen LogP contribution in [0, 0.1) is 13.8 Å². The summed E-state index contributed by atoms with van der Waals surface area (Å²) in [6.45, 7) is 6.10. The van der Waals surface area contributed by atoms with Crippen molar-refractivity contribution >= 4 is 5.97 Å². The van der Waals surface area contributed by atoms with E-state index in [4.69, 9.17) is 4.74 Å². The number of carbonyl (C=O) groups excluding carboxylic acids is 1. The van der Waals surface area contributed by atoms with Gasteiger partial charge in [0.25, 0.3) is 0 Å². The molecule has 0 fully saturated rings. The summed E-state index contributed by atoms with van der Waals surface area (Å²) in [7, 11) is 0. The van der Waals surface area contributed by atoms with E-state index < -0.39 is 0 Å². The van der Waals surface area contributed by atoms with Crippen LogP contribution in [0.25, 0.3) is 0 Å². The lowest BCUT2D eigenvalue weighted by Crippen LogP contribution is -2.09. The van der Waals surface area contributed by atoms with Crippen molar-refractivity contribution in [3.63, 3.8) is 0 Å². The van der Waals surface area contributed by atoms with E-state index in [0.29, 0.717) is 11.3 Å². The predicted molar refractivity (Wildman–Crippen MR) is 81.3 cm³/mol. The Morgan fingerprint density at radius 3 is 2.35 bits per heavy atom. The molecule has 2 aromatic rings. The molecule has 0 spiro atoms. The minimum Gasteiger partial charge on any atom is -0.423 e. The Hall–Kier alpha value is -2.09. The highest BCUT2D eigenvalue weighted by atomic mass is 16.5. The maximum Gasteiger partial charge on any atom is 0.343 e. The standard InChI is InChI=1S/C18H20O2/c1-4-5-15-7-9-16(10-8-15)18(19)20-17-11-6-13(2)12-14(17)3/h6-12H,4-5H2,1-3H3. The lowest BCUT2D eigenvalue weighted by Gasteiger charge is -2.08. The van der Waals surface area contributed by atoms with E-state index >= 15 is 0 Å². The quantitative estimate of drug-likeness (QED) is 0.604. The van der Waals surface area contributed by atoms with Gasteiger partial charge in [-0.2, -0.15) is 0 Å². The number of rotatable bonds is 4. The van der Waals surface area contributed by atoms with Gasteiger partial charge in [-0.1, -0.05) is 43.2 Å². The number of carbonyl (C=O) groups is 1. The average molecular weight is 268 g/mol. The summed E-state index contributed by atoms with van der Waals surface area (Å²) >= 11 is 0. The molecule has 2 rings (SSSR count). The van der Waals surface area contributed by atoms with Crippen LogP contribution in [-0.4, -0.2) is 5.97 Å². The second kappa shape index (κ2) is 6.38. The average Bonchev–Trinajstić information content (AvgIpc) is 2.43. The van der Waals surface area contributed by atoms with Gasteiger partial charge in [0.2, 0.25) is 0 Å².